The summed E-state index contributed by atoms with van der Waals surface area (Å²) in [5.74, 6) is 0.0944. The van der Waals surface area contributed by atoms with Gasteiger partial charge in [-0.15, -0.1) is 0 Å². The van der Waals surface area contributed by atoms with E-state index in [1.165, 1.54) is 6.07 Å². The number of hydrogen-bond donors (Lipinski definition) is 1. The number of benzene rings is 1. The fraction of sp³-hybridized carbons (Fsp3) is 0.611. The zero-order chi connectivity index (χ0) is 15.5. The Kier molecular flexibility index (Phi) is 4.77. The van der Waals surface area contributed by atoms with E-state index in [2.05, 4.69) is 0 Å². The second-order valence-electron chi connectivity index (χ2n) is 6.67. The second kappa shape index (κ2) is 6.78. The van der Waals surface area contributed by atoms with Crippen molar-refractivity contribution < 1.29 is 14.3 Å². The summed E-state index contributed by atoms with van der Waals surface area (Å²) >= 11 is 0. The number of nitrogens with zero attached hydrogens (tertiary/aromatic N) is 1. The van der Waals surface area contributed by atoms with Gasteiger partial charge in [-0.25, -0.2) is 4.39 Å². The van der Waals surface area contributed by atoms with Gasteiger partial charge in [-0.1, -0.05) is 12.1 Å². The molecule has 1 aliphatic carbocycles. The number of aliphatic hydroxyl groups excluding tert-OH is 1. The largest absolute Gasteiger partial charge is 0.393 e. The van der Waals surface area contributed by atoms with E-state index in [1.807, 2.05) is 11.0 Å². The predicted octanol–water partition coefficient (Wildman–Crippen LogP) is 2.91. The lowest BCUT2D eigenvalue weighted by atomic mass is 9.86. The van der Waals surface area contributed by atoms with Crippen molar-refractivity contribution in [1.82, 2.24) is 4.90 Å². The highest BCUT2D eigenvalue weighted by Crippen LogP contribution is 2.30. The molecule has 0 aromatic heterocycles. The summed E-state index contributed by atoms with van der Waals surface area (Å²) in [5.41, 5.74) is 0.962. The van der Waals surface area contributed by atoms with Gasteiger partial charge in [0.05, 0.1) is 6.10 Å². The molecule has 1 atom stereocenters. The highest BCUT2D eigenvalue weighted by Gasteiger charge is 2.34. The molecule has 1 saturated heterocycles. The molecule has 0 spiro atoms. The summed E-state index contributed by atoms with van der Waals surface area (Å²) in [7, 11) is 0. The number of rotatable bonds is 3. The zero-order valence-electron chi connectivity index (χ0n) is 12.9. The first-order valence-electron chi connectivity index (χ1n) is 8.36. The quantitative estimate of drug-likeness (QED) is 0.933. The lowest BCUT2D eigenvalue weighted by Crippen LogP contribution is -2.42. The van der Waals surface area contributed by atoms with E-state index in [9.17, 15) is 14.3 Å². The number of carbonyl (C=O) groups is 1. The maximum Gasteiger partial charge on any atom is 0.225 e. The van der Waals surface area contributed by atoms with Crippen LogP contribution in [0.15, 0.2) is 24.3 Å². The van der Waals surface area contributed by atoms with Crippen LogP contribution in [0.25, 0.3) is 0 Å². The van der Waals surface area contributed by atoms with Gasteiger partial charge in [-0.2, -0.15) is 0 Å². The van der Waals surface area contributed by atoms with Crippen molar-refractivity contribution in [1.29, 1.82) is 0 Å². The van der Waals surface area contributed by atoms with Crippen molar-refractivity contribution in [2.24, 2.45) is 5.92 Å². The number of amides is 1. The van der Waals surface area contributed by atoms with Crippen LogP contribution in [0.1, 0.15) is 44.1 Å². The summed E-state index contributed by atoms with van der Waals surface area (Å²) in [4.78, 5) is 14.8. The summed E-state index contributed by atoms with van der Waals surface area (Å²) in [6.07, 6.45) is 5.59. The molecule has 22 heavy (non-hydrogen) atoms. The Balaban J connectivity index is 1.64. The van der Waals surface area contributed by atoms with Crippen molar-refractivity contribution >= 4 is 5.91 Å². The smallest absolute Gasteiger partial charge is 0.225 e. The predicted molar refractivity (Wildman–Crippen MR) is 82.8 cm³/mol. The minimum Gasteiger partial charge on any atom is -0.393 e. The molecule has 3 nitrogen and oxygen atoms in total. The van der Waals surface area contributed by atoms with E-state index in [-0.39, 0.29) is 29.8 Å². The van der Waals surface area contributed by atoms with Crippen LogP contribution in [0.2, 0.25) is 0 Å². The molecule has 2 fully saturated rings. The molecular formula is C18H24FNO2. The Hall–Kier alpha value is -1.42. The number of likely N-dealkylation sites (tertiary alicyclic amines) is 1. The third-order valence-electron chi connectivity index (χ3n) is 5.07. The standard InChI is InChI=1S/C18H24FNO2/c19-15-4-1-3-13(11-15)12-16-5-2-10-20(16)18(22)14-6-8-17(21)9-7-14/h1,3-4,11,14,16-17,21H,2,5-10,12H2/t14?,16-,17?/m1/s1. The van der Waals surface area contributed by atoms with Crippen LogP contribution in [0, 0.1) is 11.7 Å². The molecule has 1 amide bonds. The van der Waals surface area contributed by atoms with Crippen LogP contribution in [-0.4, -0.2) is 34.6 Å². The van der Waals surface area contributed by atoms with Crippen LogP contribution >= 0.6 is 0 Å². The number of halogens is 1. The first-order chi connectivity index (χ1) is 10.6. The van der Waals surface area contributed by atoms with Crippen LogP contribution < -0.4 is 0 Å². The number of aliphatic hydroxyl groups is 1. The Bertz CT molecular complexity index is 526. The molecule has 1 heterocycles. The Labute approximate surface area is 131 Å². The van der Waals surface area contributed by atoms with Gasteiger partial charge in [0.2, 0.25) is 5.91 Å². The van der Waals surface area contributed by atoms with Gasteiger partial charge in [0.1, 0.15) is 5.82 Å². The van der Waals surface area contributed by atoms with Crippen LogP contribution in [0.4, 0.5) is 4.39 Å². The molecule has 3 rings (SSSR count). The van der Waals surface area contributed by atoms with Gasteiger partial charge >= 0.3 is 0 Å². The van der Waals surface area contributed by atoms with Gasteiger partial charge in [-0.05, 0) is 62.6 Å². The van der Waals surface area contributed by atoms with Crippen molar-refractivity contribution in [3.63, 3.8) is 0 Å². The van der Waals surface area contributed by atoms with Crippen LogP contribution in [0.5, 0.6) is 0 Å². The van der Waals surface area contributed by atoms with Crippen LogP contribution in [0.3, 0.4) is 0 Å². The lowest BCUT2D eigenvalue weighted by Gasteiger charge is -2.32. The molecule has 1 aromatic rings. The molecule has 120 valence electrons. The molecule has 0 unspecified atom stereocenters. The number of carbonyl (C=O) groups excluding carboxylic acids is 1. The molecule has 2 aliphatic rings. The Morgan fingerprint density at radius 1 is 1.23 bits per heavy atom. The molecule has 0 bridgehead atoms. The minimum absolute atomic E-state index is 0.0662. The van der Waals surface area contributed by atoms with Gasteiger partial charge < -0.3 is 10.0 Å². The fourth-order valence-electron chi connectivity index (χ4n) is 3.83. The van der Waals surface area contributed by atoms with Gasteiger partial charge in [0, 0.05) is 18.5 Å². The fourth-order valence-corrected chi connectivity index (χ4v) is 3.83. The van der Waals surface area contributed by atoms with Gasteiger partial charge in [0.25, 0.3) is 0 Å². The average molecular weight is 305 g/mol. The van der Waals surface area contributed by atoms with E-state index >= 15 is 0 Å². The van der Waals surface area contributed by atoms with Crippen molar-refractivity contribution in [3.05, 3.63) is 35.6 Å². The summed E-state index contributed by atoms with van der Waals surface area (Å²) < 4.78 is 13.3. The van der Waals surface area contributed by atoms with Crippen molar-refractivity contribution in [2.45, 2.75) is 57.1 Å². The molecule has 4 heteroatoms. The molecule has 1 aliphatic heterocycles. The van der Waals surface area contributed by atoms with E-state index in [0.717, 1.165) is 57.1 Å². The van der Waals surface area contributed by atoms with Crippen molar-refractivity contribution in [3.8, 4) is 0 Å². The summed E-state index contributed by atoms with van der Waals surface area (Å²) in [6.45, 7) is 0.817. The monoisotopic (exact) mass is 305 g/mol. The highest BCUT2D eigenvalue weighted by molar-refractivity contribution is 5.79. The third kappa shape index (κ3) is 3.49. The number of hydrogen-bond acceptors (Lipinski definition) is 2. The van der Waals surface area contributed by atoms with Crippen molar-refractivity contribution in [2.75, 3.05) is 6.54 Å². The van der Waals surface area contributed by atoms with E-state index in [1.54, 1.807) is 12.1 Å². The first kappa shape index (κ1) is 15.5. The summed E-state index contributed by atoms with van der Waals surface area (Å²) in [5, 5.41) is 9.59. The molecule has 0 radical (unpaired) electrons. The minimum atomic E-state index is -0.231. The lowest BCUT2D eigenvalue weighted by molar-refractivity contribution is -0.138. The molecular weight excluding hydrogens is 281 g/mol. The maximum atomic E-state index is 13.3. The first-order valence-corrected chi connectivity index (χ1v) is 8.36. The normalized spacial score (nSPS) is 28.8. The Morgan fingerprint density at radius 2 is 2.00 bits per heavy atom. The van der Waals surface area contributed by atoms with Crippen LogP contribution in [-0.2, 0) is 11.2 Å². The van der Waals surface area contributed by atoms with Gasteiger partial charge in [-0.3, -0.25) is 4.79 Å². The third-order valence-corrected chi connectivity index (χ3v) is 5.07. The summed E-state index contributed by atoms with van der Waals surface area (Å²) in [6, 6.07) is 6.88. The molecule has 1 N–H and O–H groups in total. The van der Waals surface area contributed by atoms with Gasteiger partial charge in [0.15, 0.2) is 0 Å². The highest BCUT2D eigenvalue weighted by atomic mass is 19.1. The molecule has 1 saturated carbocycles. The molecule has 1 aromatic carbocycles. The SMILES string of the molecule is O=C(C1CCC(O)CC1)N1CCC[C@@H]1Cc1cccc(F)c1. The zero-order valence-corrected chi connectivity index (χ0v) is 12.9. The average Bonchev–Trinajstić information content (AvgIpc) is 2.95. The second-order valence-corrected chi connectivity index (χ2v) is 6.67. The Morgan fingerprint density at radius 3 is 2.73 bits per heavy atom. The topological polar surface area (TPSA) is 40.5 Å². The van der Waals surface area contributed by atoms with E-state index in [0.29, 0.717) is 0 Å². The van der Waals surface area contributed by atoms with E-state index < -0.39 is 0 Å². The van der Waals surface area contributed by atoms with E-state index in [4.69, 9.17) is 0 Å². The maximum absolute atomic E-state index is 13.3.